The summed E-state index contributed by atoms with van der Waals surface area (Å²) in [6.45, 7) is 2.11. The summed E-state index contributed by atoms with van der Waals surface area (Å²) < 4.78 is 0. The monoisotopic (exact) mass is 241 g/mol. The maximum Gasteiger partial charge on any atom is 0.245 e. The Morgan fingerprint density at radius 3 is 2.69 bits per heavy atom. The van der Waals surface area contributed by atoms with Gasteiger partial charge in [0.1, 0.15) is 6.04 Å². The molecule has 6 heteroatoms. The fourth-order valence-electron chi connectivity index (χ4n) is 1.32. The molecule has 1 heterocycles. The number of nitrogens with zero attached hydrogens (tertiary/aromatic N) is 1. The molecule has 0 aliphatic heterocycles. The first-order valence-electron chi connectivity index (χ1n) is 4.92. The second kappa shape index (κ2) is 5.62. The fraction of sp³-hybridized carbons (Fsp3) is 0.400. The minimum Gasteiger partial charge on any atom is -0.368 e. The minimum atomic E-state index is -0.709. The molecule has 2 amide bonds. The van der Waals surface area contributed by atoms with Crippen molar-refractivity contribution in [3.8, 4) is 0 Å². The van der Waals surface area contributed by atoms with E-state index in [1.165, 1.54) is 16.2 Å². The van der Waals surface area contributed by atoms with Crippen LogP contribution in [0.2, 0.25) is 0 Å². The fourth-order valence-corrected chi connectivity index (χ4v) is 2.04. The van der Waals surface area contributed by atoms with Crippen LogP contribution in [0.4, 0.5) is 0 Å². The summed E-state index contributed by atoms with van der Waals surface area (Å²) in [5.74, 6) is -0.808. The molecule has 0 aliphatic rings. The van der Waals surface area contributed by atoms with E-state index in [0.717, 1.165) is 4.88 Å². The third-order valence-electron chi connectivity index (χ3n) is 2.16. The predicted molar refractivity (Wildman–Crippen MR) is 62.7 cm³/mol. The number of thiophene rings is 1. The van der Waals surface area contributed by atoms with Gasteiger partial charge < -0.3 is 16.4 Å². The molecule has 0 saturated heterocycles. The van der Waals surface area contributed by atoms with Crippen molar-refractivity contribution in [2.45, 2.75) is 13.0 Å². The molecule has 0 aromatic carbocycles. The Morgan fingerprint density at radius 2 is 2.25 bits per heavy atom. The summed E-state index contributed by atoms with van der Waals surface area (Å²) in [6, 6.07) is 2.92. The second-order valence-electron chi connectivity index (χ2n) is 3.31. The summed E-state index contributed by atoms with van der Waals surface area (Å²) >= 11 is 1.42. The molecule has 1 unspecified atom stereocenters. The van der Waals surface area contributed by atoms with Crippen LogP contribution in [0.25, 0.3) is 0 Å². The molecule has 0 aliphatic carbocycles. The molecule has 0 spiro atoms. The van der Waals surface area contributed by atoms with E-state index in [9.17, 15) is 9.59 Å². The average Bonchev–Trinajstić information content (AvgIpc) is 2.76. The number of likely N-dealkylation sites (N-methyl/N-ethyl adjacent to an activating group) is 1. The largest absolute Gasteiger partial charge is 0.368 e. The van der Waals surface area contributed by atoms with Gasteiger partial charge >= 0.3 is 0 Å². The van der Waals surface area contributed by atoms with Gasteiger partial charge in [-0.05, 0) is 18.4 Å². The third kappa shape index (κ3) is 3.04. The van der Waals surface area contributed by atoms with Gasteiger partial charge in [-0.1, -0.05) is 6.07 Å². The van der Waals surface area contributed by atoms with Crippen LogP contribution in [0.3, 0.4) is 0 Å². The van der Waals surface area contributed by atoms with Gasteiger partial charge in [0.2, 0.25) is 11.8 Å². The standard InChI is InChI=1S/C10H15N3O2S/c1-2-13(6-8(11)14)10(15)9(12)7-4-3-5-16-7/h3-5,9H,2,6,12H2,1H3,(H2,11,14). The number of nitrogens with two attached hydrogens (primary N) is 2. The zero-order chi connectivity index (χ0) is 12.1. The van der Waals surface area contributed by atoms with Crippen molar-refractivity contribution in [1.82, 2.24) is 4.90 Å². The normalized spacial score (nSPS) is 12.1. The van der Waals surface area contributed by atoms with E-state index in [1.54, 1.807) is 13.0 Å². The molecular weight excluding hydrogens is 226 g/mol. The molecule has 16 heavy (non-hydrogen) atoms. The number of rotatable bonds is 5. The molecule has 0 bridgehead atoms. The Kier molecular flexibility index (Phi) is 4.45. The highest BCUT2D eigenvalue weighted by atomic mass is 32.1. The van der Waals surface area contributed by atoms with Gasteiger partial charge in [-0.3, -0.25) is 9.59 Å². The molecule has 1 aromatic rings. The number of amides is 2. The number of carbonyl (C=O) groups is 2. The van der Waals surface area contributed by atoms with E-state index in [1.807, 2.05) is 11.4 Å². The zero-order valence-corrected chi connectivity index (χ0v) is 9.87. The molecule has 0 radical (unpaired) electrons. The lowest BCUT2D eigenvalue weighted by molar-refractivity contribution is -0.136. The van der Waals surface area contributed by atoms with E-state index in [2.05, 4.69) is 0 Å². The van der Waals surface area contributed by atoms with Gasteiger partial charge in [-0.25, -0.2) is 0 Å². The molecule has 0 fully saturated rings. The first kappa shape index (κ1) is 12.7. The van der Waals surface area contributed by atoms with Crippen molar-refractivity contribution >= 4 is 23.2 Å². The zero-order valence-electron chi connectivity index (χ0n) is 9.05. The van der Waals surface area contributed by atoms with Crippen LogP contribution < -0.4 is 11.5 Å². The van der Waals surface area contributed by atoms with E-state index >= 15 is 0 Å². The molecule has 5 nitrogen and oxygen atoms in total. The summed E-state index contributed by atoms with van der Waals surface area (Å²) in [5, 5.41) is 1.85. The Labute approximate surface area is 98.0 Å². The van der Waals surface area contributed by atoms with Crippen molar-refractivity contribution in [1.29, 1.82) is 0 Å². The van der Waals surface area contributed by atoms with Crippen LogP contribution in [0.5, 0.6) is 0 Å². The van der Waals surface area contributed by atoms with Crippen molar-refractivity contribution < 1.29 is 9.59 Å². The second-order valence-corrected chi connectivity index (χ2v) is 4.29. The Hall–Kier alpha value is -1.40. The van der Waals surface area contributed by atoms with Crippen LogP contribution in [0, 0.1) is 0 Å². The van der Waals surface area contributed by atoms with E-state index in [4.69, 9.17) is 11.5 Å². The van der Waals surface area contributed by atoms with Gasteiger partial charge in [0.15, 0.2) is 0 Å². The lowest BCUT2D eigenvalue weighted by atomic mass is 10.2. The Morgan fingerprint density at radius 1 is 1.56 bits per heavy atom. The third-order valence-corrected chi connectivity index (χ3v) is 3.11. The SMILES string of the molecule is CCN(CC(N)=O)C(=O)C(N)c1cccs1. The number of hydrogen-bond donors (Lipinski definition) is 2. The molecule has 1 atom stereocenters. The van der Waals surface area contributed by atoms with Gasteiger partial charge in [-0.15, -0.1) is 11.3 Å². The van der Waals surface area contributed by atoms with Gasteiger partial charge in [-0.2, -0.15) is 0 Å². The van der Waals surface area contributed by atoms with Crippen molar-refractivity contribution in [2.24, 2.45) is 11.5 Å². The number of hydrogen-bond acceptors (Lipinski definition) is 4. The molecule has 1 rings (SSSR count). The van der Waals surface area contributed by atoms with E-state index in [0.29, 0.717) is 6.54 Å². The summed E-state index contributed by atoms with van der Waals surface area (Å²) in [6.07, 6.45) is 0. The topological polar surface area (TPSA) is 89.4 Å². The Balaban J connectivity index is 2.71. The predicted octanol–water partition coefficient (Wildman–Crippen LogP) is 0.0817. The van der Waals surface area contributed by atoms with E-state index < -0.39 is 11.9 Å². The quantitative estimate of drug-likeness (QED) is 0.765. The highest BCUT2D eigenvalue weighted by Crippen LogP contribution is 2.18. The average molecular weight is 241 g/mol. The van der Waals surface area contributed by atoms with Crippen LogP contribution in [-0.2, 0) is 9.59 Å². The summed E-state index contributed by atoms with van der Waals surface area (Å²) in [4.78, 5) is 24.8. The highest BCUT2D eigenvalue weighted by Gasteiger charge is 2.22. The molecule has 0 saturated carbocycles. The van der Waals surface area contributed by atoms with Gasteiger partial charge in [0.05, 0.1) is 6.54 Å². The van der Waals surface area contributed by atoms with Crippen LogP contribution in [0.15, 0.2) is 17.5 Å². The van der Waals surface area contributed by atoms with Gasteiger partial charge in [0.25, 0.3) is 0 Å². The van der Waals surface area contributed by atoms with E-state index in [-0.39, 0.29) is 12.5 Å². The molecule has 1 aromatic heterocycles. The molecular formula is C10H15N3O2S. The lowest BCUT2D eigenvalue weighted by Gasteiger charge is -2.22. The maximum atomic E-state index is 11.9. The first-order chi connectivity index (χ1) is 7.56. The summed E-state index contributed by atoms with van der Waals surface area (Å²) in [7, 11) is 0. The lowest BCUT2D eigenvalue weighted by Crippen LogP contribution is -2.42. The highest BCUT2D eigenvalue weighted by molar-refractivity contribution is 7.10. The smallest absolute Gasteiger partial charge is 0.245 e. The van der Waals surface area contributed by atoms with Crippen LogP contribution in [-0.4, -0.2) is 29.8 Å². The molecule has 88 valence electrons. The number of primary amides is 1. The number of carbonyl (C=O) groups excluding carboxylic acids is 2. The maximum absolute atomic E-state index is 11.9. The first-order valence-corrected chi connectivity index (χ1v) is 5.80. The van der Waals surface area contributed by atoms with Crippen molar-refractivity contribution in [3.63, 3.8) is 0 Å². The van der Waals surface area contributed by atoms with Crippen LogP contribution >= 0.6 is 11.3 Å². The Bertz CT molecular complexity index is 364. The van der Waals surface area contributed by atoms with Crippen molar-refractivity contribution in [2.75, 3.05) is 13.1 Å². The molecule has 4 N–H and O–H groups in total. The van der Waals surface area contributed by atoms with Crippen molar-refractivity contribution in [3.05, 3.63) is 22.4 Å². The van der Waals surface area contributed by atoms with Crippen LogP contribution in [0.1, 0.15) is 17.8 Å². The van der Waals surface area contributed by atoms with Gasteiger partial charge in [0, 0.05) is 11.4 Å². The minimum absolute atomic E-state index is 0.0889. The summed E-state index contributed by atoms with van der Waals surface area (Å²) in [5.41, 5.74) is 10.9.